The Morgan fingerprint density at radius 3 is 2.19 bits per heavy atom. The van der Waals surface area contributed by atoms with Crippen LogP contribution in [0.1, 0.15) is 15.9 Å². The highest BCUT2D eigenvalue weighted by molar-refractivity contribution is 7.14. The van der Waals surface area contributed by atoms with E-state index in [2.05, 4.69) is 5.32 Å². The molecule has 0 saturated heterocycles. The highest BCUT2D eigenvalue weighted by Gasteiger charge is 2.27. The fraction of sp³-hybridized carbons (Fsp3) is 0.0952. The first-order chi connectivity index (χ1) is 13.1. The predicted octanol–water partition coefficient (Wildman–Crippen LogP) is 2.81. The van der Waals surface area contributed by atoms with Gasteiger partial charge in [-0.3, -0.25) is 14.4 Å². The van der Waals surface area contributed by atoms with Gasteiger partial charge in [-0.1, -0.05) is 60.7 Å². The fourth-order valence-electron chi connectivity index (χ4n) is 2.77. The first kappa shape index (κ1) is 18.5. The summed E-state index contributed by atoms with van der Waals surface area (Å²) in [5.41, 5.74) is 7.37. The zero-order chi connectivity index (χ0) is 19.2. The molecule has 27 heavy (non-hydrogen) atoms. The van der Waals surface area contributed by atoms with Crippen molar-refractivity contribution in [2.45, 2.75) is 12.5 Å². The van der Waals surface area contributed by atoms with Gasteiger partial charge >= 0.3 is 0 Å². The number of hydrogen-bond acceptors (Lipinski definition) is 4. The van der Waals surface area contributed by atoms with Crippen molar-refractivity contribution in [2.24, 2.45) is 5.73 Å². The zero-order valence-electron chi connectivity index (χ0n) is 14.4. The van der Waals surface area contributed by atoms with Crippen LogP contribution in [-0.4, -0.2) is 23.6 Å². The average molecular weight is 378 g/mol. The SMILES string of the molecule is NC(=O)C(=O)[C@H](Cc1ccccc1)NC(=O)c1ccsc1-c1ccccc1. The lowest BCUT2D eigenvalue weighted by molar-refractivity contribution is -0.137. The Kier molecular flexibility index (Phi) is 5.78. The lowest BCUT2D eigenvalue weighted by atomic mass is 10.0. The quantitative estimate of drug-likeness (QED) is 0.620. The molecule has 5 nitrogen and oxygen atoms in total. The maximum Gasteiger partial charge on any atom is 0.287 e. The van der Waals surface area contributed by atoms with Gasteiger partial charge in [-0.2, -0.15) is 0 Å². The highest BCUT2D eigenvalue weighted by atomic mass is 32.1. The molecule has 3 aromatic rings. The number of thiophene rings is 1. The number of hydrogen-bond donors (Lipinski definition) is 2. The van der Waals surface area contributed by atoms with Gasteiger partial charge in [0.05, 0.1) is 5.56 Å². The highest BCUT2D eigenvalue weighted by Crippen LogP contribution is 2.29. The monoisotopic (exact) mass is 378 g/mol. The molecule has 1 aromatic heterocycles. The number of nitrogens with one attached hydrogen (secondary N) is 1. The van der Waals surface area contributed by atoms with E-state index in [0.717, 1.165) is 16.0 Å². The van der Waals surface area contributed by atoms with Crippen LogP contribution in [0.25, 0.3) is 10.4 Å². The molecule has 0 aliphatic carbocycles. The van der Waals surface area contributed by atoms with E-state index in [1.165, 1.54) is 11.3 Å². The van der Waals surface area contributed by atoms with Crippen molar-refractivity contribution in [3.05, 3.63) is 83.2 Å². The Balaban J connectivity index is 1.84. The molecule has 0 spiro atoms. The zero-order valence-corrected chi connectivity index (χ0v) is 15.2. The number of primary amides is 1. The van der Waals surface area contributed by atoms with Crippen LogP contribution >= 0.6 is 11.3 Å². The Morgan fingerprint density at radius 2 is 1.56 bits per heavy atom. The normalized spacial score (nSPS) is 11.6. The third kappa shape index (κ3) is 4.48. The Labute approximate surface area is 160 Å². The van der Waals surface area contributed by atoms with Gasteiger partial charge in [0.15, 0.2) is 0 Å². The number of amides is 2. The van der Waals surface area contributed by atoms with Gasteiger partial charge in [-0.05, 0) is 22.6 Å². The van der Waals surface area contributed by atoms with E-state index in [1.807, 2.05) is 66.0 Å². The van der Waals surface area contributed by atoms with Crippen molar-refractivity contribution < 1.29 is 14.4 Å². The maximum absolute atomic E-state index is 12.8. The number of nitrogens with two attached hydrogens (primary N) is 1. The molecule has 136 valence electrons. The number of carbonyl (C=O) groups excluding carboxylic acids is 3. The van der Waals surface area contributed by atoms with Gasteiger partial charge in [-0.15, -0.1) is 11.3 Å². The second-order valence-corrected chi connectivity index (χ2v) is 6.89. The van der Waals surface area contributed by atoms with Gasteiger partial charge in [0.1, 0.15) is 6.04 Å². The van der Waals surface area contributed by atoms with E-state index >= 15 is 0 Å². The van der Waals surface area contributed by atoms with Crippen LogP contribution in [0.4, 0.5) is 0 Å². The van der Waals surface area contributed by atoms with Crippen molar-refractivity contribution in [3.8, 4) is 10.4 Å². The number of ketones is 1. The summed E-state index contributed by atoms with van der Waals surface area (Å²) < 4.78 is 0. The fourth-order valence-corrected chi connectivity index (χ4v) is 3.67. The predicted molar refractivity (Wildman–Crippen MR) is 105 cm³/mol. The van der Waals surface area contributed by atoms with Crippen LogP contribution in [0.15, 0.2) is 72.1 Å². The summed E-state index contributed by atoms with van der Waals surface area (Å²) in [5.74, 6) is -2.29. The Hall–Kier alpha value is -3.25. The van der Waals surface area contributed by atoms with E-state index in [4.69, 9.17) is 5.73 Å². The van der Waals surface area contributed by atoms with Crippen LogP contribution in [-0.2, 0) is 16.0 Å². The second-order valence-electron chi connectivity index (χ2n) is 5.97. The molecule has 3 rings (SSSR count). The summed E-state index contributed by atoms with van der Waals surface area (Å²) in [5, 5.41) is 4.50. The van der Waals surface area contributed by atoms with E-state index in [-0.39, 0.29) is 6.42 Å². The second kappa shape index (κ2) is 8.42. The summed E-state index contributed by atoms with van der Waals surface area (Å²) in [4.78, 5) is 37.3. The van der Waals surface area contributed by atoms with Crippen molar-refractivity contribution in [1.82, 2.24) is 5.32 Å². The molecule has 0 aliphatic heterocycles. The van der Waals surface area contributed by atoms with E-state index in [9.17, 15) is 14.4 Å². The first-order valence-electron chi connectivity index (χ1n) is 8.37. The molecule has 0 bridgehead atoms. The minimum atomic E-state index is -1.06. The molecule has 0 fully saturated rings. The largest absolute Gasteiger partial charge is 0.363 e. The summed E-state index contributed by atoms with van der Waals surface area (Å²) in [6, 6.07) is 19.4. The van der Waals surface area contributed by atoms with Crippen molar-refractivity contribution in [3.63, 3.8) is 0 Å². The lowest BCUT2D eigenvalue weighted by Gasteiger charge is -2.16. The smallest absolute Gasteiger partial charge is 0.287 e. The van der Waals surface area contributed by atoms with Gasteiger partial charge in [0, 0.05) is 11.3 Å². The summed E-state index contributed by atoms with van der Waals surface area (Å²) in [7, 11) is 0. The lowest BCUT2D eigenvalue weighted by Crippen LogP contribution is -2.47. The third-order valence-corrected chi connectivity index (χ3v) is 5.06. The van der Waals surface area contributed by atoms with Gasteiger partial charge < -0.3 is 11.1 Å². The van der Waals surface area contributed by atoms with Crippen molar-refractivity contribution in [1.29, 1.82) is 0 Å². The van der Waals surface area contributed by atoms with Crippen LogP contribution in [0.3, 0.4) is 0 Å². The van der Waals surface area contributed by atoms with Crippen molar-refractivity contribution >= 4 is 28.9 Å². The minimum absolute atomic E-state index is 0.194. The minimum Gasteiger partial charge on any atom is -0.363 e. The Morgan fingerprint density at radius 1 is 0.926 bits per heavy atom. The van der Waals surface area contributed by atoms with E-state index < -0.39 is 23.6 Å². The number of carbonyl (C=O) groups is 3. The topological polar surface area (TPSA) is 89.3 Å². The van der Waals surface area contributed by atoms with E-state index in [1.54, 1.807) is 6.07 Å². The third-order valence-electron chi connectivity index (χ3n) is 4.09. The summed E-state index contributed by atoms with van der Waals surface area (Å²) in [6.07, 6.45) is 0.194. The Bertz CT molecular complexity index is 952. The van der Waals surface area contributed by atoms with Crippen LogP contribution in [0, 0.1) is 0 Å². The average Bonchev–Trinajstić information content (AvgIpc) is 3.18. The van der Waals surface area contributed by atoms with Crippen molar-refractivity contribution in [2.75, 3.05) is 0 Å². The molecule has 2 aromatic carbocycles. The standard InChI is InChI=1S/C21H18N2O3S/c22-20(25)18(24)17(13-14-7-3-1-4-8-14)23-21(26)16-11-12-27-19(16)15-9-5-2-6-10-15/h1-12,17H,13H2,(H2,22,25)(H,23,26)/t17-/m0/s1. The molecule has 0 aliphatic rings. The number of rotatable bonds is 7. The van der Waals surface area contributed by atoms with Crippen LogP contribution in [0.5, 0.6) is 0 Å². The molecule has 0 saturated carbocycles. The van der Waals surface area contributed by atoms with Gasteiger partial charge in [0.25, 0.3) is 11.8 Å². The van der Waals surface area contributed by atoms with Crippen LogP contribution < -0.4 is 11.1 Å². The van der Waals surface area contributed by atoms with Gasteiger partial charge in [0.2, 0.25) is 5.78 Å². The maximum atomic E-state index is 12.8. The van der Waals surface area contributed by atoms with Gasteiger partial charge in [-0.25, -0.2) is 0 Å². The molecule has 1 heterocycles. The molecule has 6 heteroatoms. The summed E-state index contributed by atoms with van der Waals surface area (Å²) in [6.45, 7) is 0. The molecule has 1 atom stereocenters. The molecular formula is C21H18N2O3S. The molecule has 0 unspecified atom stereocenters. The molecular weight excluding hydrogens is 360 g/mol. The molecule has 0 radical (unpaired) electrons. The van der Waals surface area contributed by atoms with Crippen LogP contribution in [0.2, 0.25) is 0 Å². The molecule has 3 N–H and O–H groups in total. The first-order valence-corrected chi connectivity index (χ1v) is 9.25. The molecule has 2 amide bonds. The van der Waals surface area contributed by atoms with E-state index in [0.29, 0.717) is 5.56 Å². The number of benzene rings is 2. The number of Topliss-reactive ketones (excluding diaryl/α,β-unsaturated/α-hetero) is 1. The summed E-state index contributed by atoms with van der Waals surface area (Å²) >= 11 is 1.44.